The summed E-state index contributed by atoms with van der Waals surface area (Å²) < 4.78 is 27.3. The van der Waals surface area contributed by atoms with Crippen molar-refractivity contribution in [2.45, 2.75) is 45.2 Å². The summed E-state index contributed by atoms with van der Waals surface area (Å²) in [6.45, 7) is 5.60. The van der Waals surface area contributed by atoms with Gasteiger partial charge in [0.2, 0.25) is 0 Å². The quantitative estimate of drug-likeness (QED) is 0.916. The first-order chi connectivity index (χ1) is 9.56. The Bertz CT molecular complexity index is 450. The third-order valence-corrected chi connectivity index (χ3v) is 4.63. The normalized spacial score (nSPS) is 25.6. The Hall–Kier alpha value is -1.00. The number of benzene rings is 1. The molecule has 1 aliphatic heterocycles. The number of hydrogen-bond acceptors (Lipinski definition) is 2. The molecule has 1 aliphatic rings. The third-order valence-electron chi connectivity index (χ3n) is 4.63. The zero-order valence-corrected chi connectivity index (χ0v) is 12.3. The number of nitrogens with two attached hydrogens (primary N) is 1. The molecular weight excluding hydrogens is 258 g/mol. The van der Waals surface area contributed by atoms with Gasteiger partial charge in [-0.3, -0.25) is 4.90 Å². The summed E-state index contributed by atoms with van der Waals surface area (Å²) in [5.41, 5.74) is 6.31. The van der Waals surface area contributed by atoms with Crippen LogP contribution in [-0.4, -0.2) is 24.0 Å². The molecule has 0 radical (unpaired) electrons. The Kier molecular flexibility index (Phi) is 5.11. The lowest BCUT2D eigenvalue weighted by Crippen LogP contribution is -2.47. The molecule has 20 heavy (non-hydrogen) atoms. The van der Waals surface area contributed by atoms with E-state index in [4.69, 9.17) is 5.73 Å². The van der Waals surface area contributed by atoms with E-state index in [0.717, 1.165) is 31.9 Å². The van der Waals surface area contributed by atoms with Crippen LogP contribution in [0.1, 0.15) is 44.7 Å². The molecule has 0 saturated carbocycles. The molecule has 2 rings (SSSR count). The average molecular weight is 282 g/mol. The van der Waals surface area contributed by atoms with Crippen LogP contribution in [0.4, 0.5) is 8.78 Å². The highest BCUT2D eigenvalue weighted by atomic mass is 19.1. The van der Waals surface area contributed by atoms with Gasteiger partial charge in [-0.1, -0.05) is 13.3 Å². The molecule has 3 unspecified atom stereocenters. The van der Waals surface area contributed by atoms with Crippen LogP contribution in [0, 0.1) is 17.6 Å². The van der Waals surface area contributed by atoms with Crippen molar-refractivity contribution in [3.8, 4) is 0 Å². The van der Waals surface area contributed by atoms with Crippen molar-refractivity contribution in [1.82, 2.24) is 4.90 Å². The van der Waals surface area contributed by atoms with E-state index in [9.17, 15) is 8.78 Å². The number of rotatable bonds is 4. The van der Waals surface area contributed by atoms with E-state index in [1.165, 1.54) is 12.1 Å². The summed E-state index contributed by atoms with van der Waals surface area (Å²) in [6.07, 6.45) is 3.32. The molecule has 2 nitrogen and oxygen atoms in total. The van der Waals surface area contributed by atoms with Crippen LogP contribution in [0.2, 0.25) is 0 Å². The molecule has 3 atom stereocenters. The molecule has 1 aromatic carbocycles. The van der Waals surface area contributed by atoms with Crippen molar-refractivity contribution in [2.75, 3.05) is 13.1 Å². The Balaban J connectivity index is 2.19. The van der Waals surface area contributed by atoms with Crippen molar-refractivity contribution >= 4 is 0 Å². The predicted molar refractivity (Wildman–Crippen MR) is 77.3 cm³/mol. The lowest BCUT2D eigenvalue weighted by molar-refractivity contribution is 0.0756. The lowest BCUT2D eigenvalue weighted by Gasteiger charge is -2.42. The number of nitrogens with zero attached hydrogens (tertiary/aromatic N) is 1. The fraction of sp³-hybridized carbons (Fsp3) is 0.625. The van der Waals surface area contributed by atoms with Gasteiger partial charge in [-0.25, -0.2) is 8.78 Å². The SMILES string of the molecule is CCC1CCN(C(C)c2cc(F)ccc2F)C(CN)C1. The number of halogens is 2. The molecule has 1 heterocycles. The van der Waals surface area contributed by atoms with Gasteiger partial charge in [0.05, 0.1) is 0 Å². The van der Waals surface area contributed by atoms with Gasteiger partial charge in [0.15, 0.2) is 0 Å². The maximum atomic E-state index is 13.9. The molecule has 0 amide bonds. The smallest absolute Gasteiger partial charge is 0.128 e. The van der Waals surface area contributed by atoms with E-state index < -0.39 is 0 Å². The van der Waals surface area contributed by atoms with E-state index in [1.54, 1.807) is 0 Å². The lowest BCUT2D eigenvalue weighted by atomic mass is 9.87. The van der Waals surface area contributed by atoms with Crippen LogP contribution in [0.25, 0.3) is 0 Å². The first-order valence-electron chi connectivity index (χ1n) is 7.47. The third kappa shape index (κ3) is 3.18. The molecule has 4 heteroatoms. The minimum Gasteiger partial charge on any atom is -0.329 e. The fourth-order valence-corrected chi connectivity index (χ4v) is 3.28. The topological polar surface area (TPSA) is 29.3 Å². The second kappa shape index (κ2) is 6.64. The molecule has 0 aromatic heterocycles. The van der Waals surface area contributed by atoms with E-state index >= 15 is 0 Å². The standard InChI is InChI=1S/C16H24F2N2/c1-3-12-6-7-20(14(8-12)10-19)11(2)15-9-13(17)4-5-16(15)18/h4-5,9,11-12,14H,3,6-8,10,19H2,1-2H3. The summed E-state index contributed by atoms with van der Waals surface area (Å²) in [5.74, 6) is -0.0300. The molecule has 0 spiro atoms. The zero-order valence-electron chi connectivity index (χ0n) is 12.3. The average Bonchev–Trinajstić information content (AvgIpc) is 2.48. The monoisotopic (exact) mass is 282 g/mol. The van der Waals surface area contributed by atoms with Gasteiger partial charge in [-0.2, -0.15) is 0 Å². The Labute approximate surface area is 120 Å². The van der Waals surface area contributed by atoms with Crippen molar-refractivity contribution in [3.63, 3.8) is 0 Å². The Morgan fingerprint density at radius 1 is 1.40 bits per heavy atom. The van der Waals surface area contributed by atoms with E-state index in [-0.39, 0.29) is 23.7 Å². The van der Waals surface area contributed by atoms with Gasteiger partial charge >= 0.3 is 0 Å². The summed E-state index contributed by atoms with van der Waals surface area (Å²) in [5, 5.41) is 0. The summed E-state index contributed by atoms with van der Waals surface area (Å²) >= 11 is 0. The van der Waals surface area contributed by atoms with Crippen LogP contribution < -0.4 is 5.73 Å². The fourth-order valence-electron chi connectivity index (χ4n) is 3.28. The maximum absolute atomic E-state index is 13.9. The van der Waals surface area contributed by atoms with Gasteiger partial charge in [-0.15, -0.1) is 0 Å². The Morgan fingerprint density at radius 2 is 2.15 bits per heavy atom. The van der Waals surface area contributed by atoms with Crippen molar-refractivity contribution in [3.05, 3.63) is 35.4 Å². The first kappa shape index (κ1) is 15.4. The van der Waals surface area contributed by atoms with Crippen LogP contribution in [0.15, 0.2) is 18.2 Å². The van der Waals surface area contributed by atoms with Crippen LogP contribution in [0.3, 0.4) is 0 Å². The van der Waals surface area contributed by atoms with Gasteiger partial charge in [0.25, 0.3) is 0 Å². The Morgan fingerprint density at radius 3 is 2.80 bits per heavy atom. The molecule has 1 fully saturated rings. The van der Waals surface area contributed by atoms with Gasteiger partial charge < -0.3 is 5.73 Å². The van der Waals surface area contributed by atoms with Crippen LogP contribution in [-0.2, 0) is 0 Å². The van der Waals surface area contributed by atoms with E-state index in [1.807, 2.05) is 6.92 Å². The van der Waals surface area contributed by atoms with Crippen LogP contribution >= 0.6 is 0 Å². The summed E-state index contributed by atoms with van der Waals surface area (Å²) in [4.78, 5) is 2.23. The highest BCUT2D eigenvalue weighted by molar-refractivity contribution is 5.22. The van der Waals surface area contributed by atoms with Gasteiger partial charge in [0.1, 0.15) is 11.6 Å². The second-order valence-corrected chi connectivity index (χ2v) is 5.77. The number of piperidine rings is 1. The molecule has 1 saturated heterocycles. The minimum absolute atomic E-state index is 0.142. The van der Waals surface area contributed by atoms with E-state index in [0.29, 0.717) is 18.0 Å². The highest BCUT2D eigenvalue weighted by Gasteiger charge is 2.31. The largest absolute Gasteiger partial charge is 0.329 e. The van der Waals surface area contributed by atoms with Crippen LogP contribution in [0.5, 0.6) is 0 Å². The highest BCUT2D eigenvalue weighted by Crippen LogP contribution is 2.33. The zero-order chi connectivity index (χ0) is 14.7. The number of hydrogen-bond donors (Lipinski definition) is 1. The molecule has 0 aliphatic carbocycles. The molecule has 1 aromatic rings. The van der Waals surface area contributed by atoms with Crippen molar-refractivity contribution in [2.24, 2.45) is 11.7 Å². The van der Waals surface area contributed by atoms with Crippen molar-refractivity contribution < 1.29 is 8.78 Å². The van der Waals surface area contributed by atoms with Crippen molar-refractivity contribution in [1.29, 1.82) is 0 Å². The van der Waals surface area contributed by atoms with Gasteiger partial charge in [0, 0.05) is 24.2 Å². The second-order valence-electron chi connectivity index (χ2n) is 5.77. The predicted octanol–water partition coefficient (Wildman–Crippen LogP) is 3.48. The summed E-state index contributed by atoms with van der Waals surface area (Å²) in [6, 6.07) is 3.79. The molecular formula is C16H24F2N2. The minimum atomic E-state index is -0.388. The molecule has 2 N–H and O–H groups in total. The van der Waals surface area contributed by atoms with Gasteiger partial charge in [-0.05, 0) is 50.4 Å². The van der Waals surface area contributed by atoms with E-state index in [2.05, 4.69) is 11.8 Å². The summed E-state index contributed by atoms with van der Waals surface area (Å²) in [7, 11) is 0. The first-order valence-corrected chi connectivity index (χ1v) is 7.47. The maximum Gasteiger partial charge on any atom is 0.128 e. The molecule has 112 valence electrons. The molecule has 0 bridgehead atoms. The number of likely N-dealkylation sites (tertiary alicyclic amines) is 1.